The molecule has 2 aromatic carbocycles. The Labute approximate surface area is 184 Å². The maximum atomic E-state index is 10.9. The van der Waals surface area contributed by atoms with E-state index < -0.39 is 12.1 Å². The average Bonchev–Trinajstić information content (AvgIpc) is 3.23. The molecule has 1 unspecified atom stereocenters. The maximum absolute atomic E-state index is 10.9. The number of hydrogen-bond donors (Lipinski definition) is 3. The third-order valence-electron chi connectivity index (χ3n) is 4.63. The number of hydrogen-bond acceptors (Lipinski definition) is 8. The van der Waals surface area contributed by atoms with Gasteiger partial charge in [-0.2, -0.15) is 5.26 Å². The van der Waals surface area contributed by atoms with Crippen LogP contribution in [0.1, 0.15) is 18.2 Å². The molecule has 0 fully saturated rings. The normalized spacial score (nSPS) is 14.2. The molecule has 0 spiro atoms. The van der Waals surface area contributed by atoms with E-state index in [1.165, 1.54) is 6.92 Å². The predicted octanol–water partition coefficient (Wildman–Crippen LogP) is 3.64. The van der Waals surface area contributed by atoms with E-state index in [4.69, 9.17) is 14.6 Å². The standard InChI is InChI=1S/C23H19N5O4/c1-14(22(29)30)31-16-8-6-15(7-9-16)13-26-23-25-11-10-18(28-23)17(12-24)21-27-19-4-2-3-5-20(19)32-21/h2-11,14,27H,13H2,1H3,(H,29,30)(H,25,26,28)/b21-17+. The minimum atomic E-state index is -1.03. The second-order valence-electron chi connectivity index (χ2n) is 6.90. The Kier molecular flexibility index (Phi) is 5.85. The summed E-state index contributed by atoms with van der Waals surface area (Å²) in [5.41, 5.74) is 2.39. The Bertz CT molecular complexity index is 1190. The van der Waals surface area contributed by atoms with Gasteiger partial charge in [-0.3, -0.25) is 0 Å². The number of ether oxygens (including phenoxy) is 2. The zero-order chi connectivity index (χ0) is 22.5. The van der Waals surface area contributed by atoms with Crippen molar-refractivity contribution in [3.05, 3.63) is 77.9 Å². The van der Waals surface area contributed by atoms with Crippen LogP contribution in [0.25, 0.3) is 5.57 Å². The van der Waals surface area contributed by atoms with Crippen molar-refractivity contribution in [3.63, 3.8) is 0 Å². The monoisotopic (exact) mass is 429 g/mol. The molecule has 1 aliphatic rings. The number of carbonyl (C=O) groups is 1. The van der Waals surface area contributed by atoms with Crippen molar-refractivity contribution in [2.75, 3.05) is 10.6 Å². The number of allylic oxidation sites excluding steroid dienone is 1. The number of para-hydroxylation sites is 2. The molecule has 0 amide bonds. The molecule has 1 aromatic heterocycles. The van der Waals surface area contributed by atoms with E-state index in [1.807, 2.05) is 36.4 Å². The van der Waals surface area contributed by atoms with Crippen LogP contribution < -0.4 is 20.1 Å². The fourth-order valence-electron chi connectivity index (χ4n) is 2.96. The minimum absolute atomic E-state index is 0.265. The number of benzene rings is 2. The van der Waals surface area contributed by atoms with Crippen molar-refractivity contribution in [3.8, 4) is 17.6 Å². The van der Waals surface area contributed by atoms with Crippen molar-refractivity contribution in [1.82, 2.24) is 9.97 Å². The van der Waals surface area contributed by atoms with Gasteiger partial charge in [0.2, 0.25) is 11.8 Å². The highest BCUT2D eigenvalue weighted by molar-refractivity contribution is 5.81. The zero-order valence-corrected chi connectivity index (χ0v) is 17.1. The molecule has 2 heterocycles. The average molecular weight is 429 g/mol. The number of nitriles is 1. The number of carboxylic acid groups (broad SMARTS) is 1. The Hall–Kier alpha value is -4.58. The van der Waals surface area contributed by atoms with Gasteiger partial charge in [-0.15, -0.1) is 0 Å². The number of aromatic nitrogens is 2. The molecular weight excluding hydrogens is 410 g/mol. The molecule has 3 aromatic rings. The maximum Gasteiger partial charge on any atom is 0.344 e. The highest BCUT2D eigenvalue weighted by Gasteiger charge is 2.22. The van der Waals surface area contributed by atoms with Crippen molar-refractivity contribution < 1.29 is 19.4 Å². The van der Waals surface area contributed by atoms with E-state index >= 15 is 0 Å². The molecule has 0 aliphatic carbocycles. The fourth-order valence-corrected chi connectivity index (χ4v) is 2.96. The van der Waals surface area contributed by atoms with Crippen LogP contribution in [0.3, 0.4) is 0 Å². The molecule has 160 valence electrons. The fraction of sp³-hybridized carbons (Fsp3) is 0.130. The SMILES string of the molecule is CC(Oc1ccc(CNc2nccc(/C(C#N)=C3\Nc4ccccc4O3)n2)cc1)C(=O)O. The topological polar surface area (TPSA) is 129 Å². The van der Waals surface area contributed by atoms with Gasteiger partial charge in [0.1, 0.15) is 17.4 Å². The largest absolute Gasteiger partial charge is 0.479 e. The quantitative estimate of drug-likeness (QED) is 0.482. The van der Waals surface area contributed by atoms with Gasteiger partial charge < -0.3 is 25.2 Å². The molecule has 9 heteroatoms. The van der Waals surface area contributed by atoms with Crippen LogP contribution in [-0.2, 0) is 11.3 Å². The summed E-state index contributed by atoms with van der Waals surface area (Å²) in [5.74, 6) is 0.766. The molecular formula is C23H19N5O4. The summed E-state index contributed by atoms with van der Waals surface area (Å²) >= 11 is 0. The molecule has 1 aliphatic heterocycles. The van der Waals surface area contributed by atoms with E-state index in [-0.39, 0.29) is 5.57 Å². The zero-order valence-electron chi connectivity index (χ0n) is 17.1. The molecule has 3 N–H and O–H groups in total. The molecule has 32 heavy (non-hydrogen) atoms. The summed E-state index contributed by atoms with van der Waals surface area (Å²) in [4.78, 5) is 19.5. The second kappa shape index (κ2) is 9.06. The van der Waals surface area contributed by atoms with Crippen LogP contribution in [0, 0.1) is 11.3 Å². The number of rotatable bonds is 7. The van der Waals surface area contributed by atoms with Gasteiger partial charge in [0.05, 0.1) is 11.4 Å². The summed E-state index contributed by atoms with van der Waals surface area (Å²) in [6.07, 6.45) is 0.638. The molecule has 0 saturated carbocycles. The van der Waals surface area contributed by atoms with E-state index in [9.17, 15) is 10.1 Å². The first kappa shape index (κ1) is 20.7. The van der Waals surface area contributed by atoms with E-state index in [1.54, 1.807) is 24.4 Å². The molecule has 0 saturated heterocycles. The van der Waals surface area contributed by atoms with Crippen LogP contribution in [-0.4, -0.2) is 27.1 Å². The third kappa shape index (κ3) is 4.60. The van der Waals surface area contributed by atoms with Gasteiger partial charge in [-0.05, 0) is 42.8 Å². The summed E-state index contributed by atoms with van der Waals surface area (Å²) in [6, 6.07) is 18.2. The Morgan fingerprint density at radius 2 is 2.03 bits per heavy atom. The van der Waals surface area contributed by atoms with Crippen LogP contribution in [0.2, 0.25) is 0 Å². The first-order valence-corrected chi connectivity index (χ1v) is 9.77. The van der Waals surface area contributed by atoms with Crippen molar-refractivity contribution >= 4 is 23.2 Å². The second-order valence-corrected chi connectivity index (χ2v) is 6.90. The summed E-state index contributed by atoms with van der Waals surface area (Å²) < 4.78 is 11.1. The molecule has 4 rings (SSSR count). The van der Waals surface area contributed by atoms with Gasteiger partial charge in [0.15, 0.2) is 11.9 Å². The molecule has 1 atom stereocenters. The highest BCUT2D eigenvalue weighted by atomic mass is 16.5. The first-order valence-electron chi connectivity index (χ1n) is 9.77. The lowest BCUT2D eigenvalue weighted by atomic mass is 10.2. The number of carboxylic acids is 1. The number of fused-ring (bicyclic) bond motifs is 1. The van der Waals surface area contributed by atoms with Crippen LogP contribution in [0.5, 0.6) is 11.5 Å². The summed E-state index contributed by atoms with van der Waals surface area (Å²) in [6.45, 7) is 1.90. The van der Waals surface area contributed by atoms with Crippen LogP contribution in [0.4, 0.5) is 11.6 Å². The first-order chi connectivity index (χ1) is 15.5. The van der Waals surface area contributed by atoms with Crippen molar-refractivity contribution in [1.29, 1.82) is 5.26 Å². The van der Waals surface area contributed by atoms with Crippen LogP contribution in [0.15, 0.2) is 66.7 Å². The third-order valence-corrected chi connectivity index (χ3v) is 4.63. The molecule has 9 nitrogen and oxygen atoms in total. The Morgan fingerprint density at radius 3 is 2.75 bits per heavy atom. The minimum Gasteiger partial charge on any atom is -0.479 e. The van der Waals surface area contributed by atoms with Gasteiger partial charge in [-0.25, -0.2) is 14.8 Å². The molecule has 0 bridgehead atoms. The summed E-state index contributed by atoms with van der Waals surface area (Å²) in [5, 5.41) is 24.8. The summed E-state index contributed by atoms with van der Waals surface area (Å²) in [7, 11) is 0. The molecule has 0 radical (unpaired) electrons. The Morgan fingerprint density at radius 1 is 1.25 bits per heavy atom. The van der Waals surface area contributed by atoms with Gasteiger partial charge in [-0.1, -0.05) is 24.3 Å². The highest BCUT2D eigenvalue weighted by Crippen LogP contribution is 2.35. The van der Waals surface area contributed by atoms with E-state index in [0.29, 0.717) is 35.6 Å². The predicted molar refractivity (Wildman–Crippen MR) is 117 cm³/mol. The van der Waals surface area contributed by atoms with E-state index in [0.717, 1.165) is 11.3 Å². The lowest BCUT2D eigenvalue weighted by Crippen LogP contribution is -2.22. The van der Waals surface area contributed by atoms with Gasteiger partial charge in [0, 0.05) is 12.7 Å². The smallest absolute Gasteiger partial charge is 0.344 e. The van der Waals surface area contributed by atoms with Gasteiger partial charge >= 0.3 is 5.97 Å². The number of anilines is 2. The number of nitrogens with zero attached hydrogens (tertiary/aromatic N) is 3. The number of nitrogens with one attached hydrogen (secondary N) is 2. The van der Waals surface area contributed by atoms with Crippen molar-refractivity contribution in [2.45, 2.75) is 19.6 Å². The lowest BCUT2D eigenvalue weighted by Gasteiger charge is -2.11. The van der Waals surface area contributed by atoms with E-state index in [2.05, 4.69) is 26.7 Å². The van der Waals surface area contributed by atoms with Crippen molar-refractivity contribution in [2.24, 2.45) is 0 Å². The Balaban J connectivity index is 1.44. The van der Waals surface area contributed by atoms with Crippen LogP contribution >= 0.6 is 0 Å². The lowest BCUT2D eigenvalue weighted by molar-refractivity contribution is -0.144. The van der Waals surface area contributed by atoms with Gasteiger partial charge in [0.25, 0.3) is 0 Å². The number of aliphatic carboxylic acids is 1.